The van der Waals surface area contributed by atoms with E-state index < -0.39 is 6.10 Å². The first-order valence-corrected chi connectivity index (χ1v) is 4.94. The highest BCUT2D eigenvalue weighted by atomic mass is 35.5. The molecule has 0 bridgehead atoms. The van der Waals surface area contributed by atoms with E-state index in [-0.39, 0.29) is 6.54 Å². The van der Waals surface area contributed by atoms with E-state index in [1.165, 1.54) is 0 Å². The van der Waals surface area contributed by atoms with E-state index in [9.17, 15) is 5.11 Å². The van der Waals surface area contributed by atoms with Crippen molar-refractivity contribution in [3.8, 4) is 0 Å². The first-order chi connectivity index (χ1) is 7.11. The van der Waals surface area contributed by atoms with Gasteiger partial charge in [0.25, 0.3) is 0 Å². The average Bonchev–Trinajstić information content (AvgIpc) is 2.55. The summed E-state index contributed by atoms with van der Waals surface area (Å²) >= 11 is 5.98. The van der Waals surface area contributed by atoms with Crippen LogP contribution in [0.1, 0.15) is 17.6 Å². The molecular formula is C10H11ClN2O2. The zero-order valence-corrected chi connectivity index (χ0v) is 8.95. The van der Waals surface area contributed by atoms with Crippen molar-refractivity contribution >= 4 is 22.7 Å². The molecule has 15 heavy (non-hydrogen) atoms. The van der Waals surface area contributed by atoms with Crippen LogP contribution in [0.3, 0.4) is 0 Å². The van der Waals surface area contributed by atoms with Crippen molar-refractivity contribution < 1.29 is 9.52 Å². The van der Waals surface area contributed by atoms with Crippen LogP contribution in [0.25, 0.3) is 11.1 Å². The summed E-state index contributed by atoms with van der Waals surface area (Å²) in [5.41, 5.74) is 7.25. The van der Waals surface area contributed by atoms with Crippen LogP contribution in [0.4, 0.5) is 0 Å². The van der Waals surface area contributed by atoms with E-state index in [1.54, 1.807) is 19.1 Å². The van der Waals surface area contributed by atoms with Crippen LogP contribution in [-0.4, -0.2) is 16.6 Å². The third-order valence-corrected chi connectivity index (χ3v) is 2.52. The minimum Gasteiger partial charge on any atom is -0.441 e. The third-order valence-electron chi connectivity index (χ3n) is 2.20. The minimum atomic E-state index is -0.765. The number of hydrogen-bond donors (Lipinski definition) is 2. The van der Waals surface area contributed by atoms with Crippen molar-refractivity contribution in [1.82, 2.24) is 4.98 Å². The Bertz CT molecular complexity index is 495. The molecule has 0 saturated carbocycles. The zero-order valence-electron chi connectivity index (χ0n) is 8.20. The maximum Gasteiger partial charge on any atom is 0.192 e. The Hall–Kier alpha value is -1.10. The van der Waals surface area contributed by atoms with Crippen molar-refractivity contribution in [2.75, 3.05) is 6.54 Å². The molecule has 2 aromatic rings. The van der Waals surface area contributed by atoms with Gasteiger partial charge < -0.3 is 15.3 Å². The van der Waals surface area contributed by atoms with Gasteiger partial charge in [-0.1, -0.05) is 11.6 Å². The lowest BCUT2D eigenvalue weighted by Crippen LogP contribution is -2.11. The molecule has 1 aromatic carbocycles. The summed E-state index contributed by atoms with van der Waals surface area (Å²) in [6, 6.07) is 3.34. The number of hydrogen-bond acceptors (Lipinski definition) is 4. The molecule has 0 saturated heterocycles. The molecule has 4 nitrogen and oxygen atoms in total. The van der Waals surface area contributed by atoms with Crippen molar-refractivity contribution in [3.63, 3.8) is 0 Å². The fourth-order valence-corrected chi connectivity index (χ4v) is 1.74. The van der Waals surface area contributed by atoms with Gasteiger partial charge in [-0.25, -0.2) is 4.98 Å². The van der Waals surface area contributed by atoms with E-state index >= 15 is 0 Å². The number of nitrogens with two attached hydrogens (primary N) is 1. The number of aryl methyl sites for hydroxylation is 1. The smallest absolute Gasteiger partial charge is 0.192 e. The second-order valence-electron chi connectivity index (χ2n) is 3.33. The summed E-state index contributed by atoms with van der Waals surface area (Å²) in [5.74, 6) is 0.570. The Balaban J connectivity index is 2.60. The standard InChI is InChI=1S/C10H11ClN2O2/c1-5-13-8-2-6(9(14)4-12)7(11)3-10(8)15-5/h2-3,9,14H,4,12H2,1H3. The molecule has 0 fully saturated rings. The number of fused-ring (bicyclic) bond motifs is 1. The molecular weight excluding hydrogens is 216 g/mol. The number of aliphatic hydroxyl groups excluding tert-OH is 1. The average molecular weight is 227 g/mol. The highest BCUT2D eigenvalue weighted by Gasteiger charge is 2.13. The molecule has 0 aliphatic heterocycles. The van der Waals surface area contributed by atoms with Crippen LogP contribution < -0.4 is 5.73 Å². The summed E-state index contributed by atoms with van der Waals surface area (Å²) in [5, 5.41) is 10.0. The Morgan fingerprint density at radius 1 is 1.60 bits per heavy atom. The quantitative estimate of drug-likeness (QED) is 0.819. The molecule has 1 atom stereocenters. The van der Waals surface area contributed by atoms with Gasteiger partial charge in [0, 0.05) is 25.1 Å². The van der Waals surface area contributed by atoms with Crippen LogP contribution in [-0.2, 0) is 0 Å². The molecule has 80 valence electrons. The molecule has 0 spiro atoms. The van der Waals surface area contributed by atoms with Crippen molar-refractivity contribution in [2.24, 2.45) is 5.73 Å². The zero-order chi connectivity index (χ0) is 11.0. The lowest BCUT2D eigenvalue weighted by Gasteiger charge is -2.09. The normalized spacial score (nSPS) is 13.3. The lowest BCUT2D eigenvalue weighted by atomic mass is 10.1. The van der Waals surface area contributed by atoms with Gasteiger partial charge >= 0.3 is 0 Å². The van der Waals surface area contributed by atoms with Gasteiger partial charge in [0.15, 0.2) is 11.5 Å². The van der Waals surface area contributed by atoms with Gasteiger partial charge in [0.2, 0.25) is 0 Å². The molecule has 1 aromatic heterocycles. The topological polar surface area (TPSA) is 72.3 Å². The Morgan fingerprint density at radius 3 is 3.00 bits per heavy atom. The summed E-state index contributed by atoms with van der Waals surface area (Å²) in [6.07, 6.45) is -0.765. The van der Waals surface area contributed by atoms with Gasteiger partial charge in [0.1, 0.15) is 5.52 Å². The number of rotatable bonds is 2. The van der Waals surface area contributed by atoms with Crippen LogP contribution in [0.2, 0.25) is 5.02 Å². The van der Waals surface area contributed by atoms with Gasteiger partial charge in [-0.15, -0.1) is 0 Å². The summed E-state index contributed by atoms with van der Waals surface area (Å²) in [6.45, 7) is 1.88. The van der Waals surface area contributed by atoms with Gasteiger partial charge in [0.05, 0.1) is 11.1 Å². The first-order valence-electron chi connectivity index (χ1n) is 4.56. The van der Waals surface area contributed by atoms with Crippen LogP contribution in [0, 0.1) is 6.92 Å². The molecule has 3 N–H and O–H groups in total. The maximum atomic E-state index is 9.61. The second kappa shape index (κ2) is 3.81. The summed E-state index contributed by atoms with van der Waals surface area (Å²) in [4.78, 5) is 4.15. The van der Waals surface area contributed by atoms with Crippen LogP contribution in [0.15, 0.2) is 16.5 Å². The Labute approximate surface area is 91.7 Å². The number of aliphatic hydroxyl groups is 1. The van der Waals surface area contributed by atoms with Gasteiger partial charge in [-0.05, 0) is 6.07 Å². The van der Waals surface area contributed by atoms with E-state index in [0.29, 0.717) is 27.6 Å². The fourth-order valence-electron chi connectivity index (χ4n) is 1.46. The first kappa shape index (κ1) is 10.4. The lowest BCUT2D eigenvalue weighted by molar-refractivity contribution is 0.187. The predicted octanol–water partition coefficient (Wildman–Crippen LogP) is 1.78. The van der Waals surface area contributed by atoms with E-state index in [1.807, 2.05) is 0 Å². The molecule has 5 heteroatoms. The molecule has 0 amide bonds. The van der Waals surface area contributed by atoms with Gasteiger partial charge in [-0.3, -0.25) is 0 Å². The Morgan fingerprint density at radius 2 is 2.33 bits per heavy atom. The number of nitrogens with zero attached hydrogens (tertiary/aromatic N) is 1. The monoisotopic (exact) mass is 226 g/mol. The van der Waals surface area contributed by atoms with Crippen molar-refractivity contribution in [1.29, 1.82) is 0 Å². The summed E-state index contributed by atoms with van der Waals surface area (Å²) in [7, 11) is 0. The number of halogens is 1. The van der Waals surface area contributed by atoms with Crippen molar-refractivity contribution in [3.05, 3.63) is 28.6 Å². The minimum absolute atomic E-state index is 0.127. The highest BCUT2D eigenvalue weighted by Crippen LogP contribution is 2.28. The number of aromatic nitrogens is 1. The molecule has 1 unspecified atom stereocenters. The van der Waals surface area contributed by atoms with Crippen molar-refractivity contribution in [2.45, 2.75) is 13.0 Å². The van der Waals surface area contributed by atoms with Crippen LogP contribution >= 0.6 is 11.6 Å². The van der Waals surface area contributed by atoms with E-state index in [4.69, 9.17) is 21.8 Å². The second-order valence-corrected chi connectivity index (χ2v) is 3.73. The van der Waals surface area contributed by atoms with Gasteiger partial charge in [-0.2, -0.15) is 0 Å². The predicted molar refractivity (Wildman–Crippen MR) is 57.8 cm³/mol. The van der Waals surface area contributed by atoms with E-state index in [2.05, 4.69) is 4.98 Å². The Kier molecular flexibility index (Phi) is 2.65. The molecule has 0 radical (unpaired) electrons. The fraction of sp³-hybridized carbons (Fsp3) is 0.300. The van der Waals surface area contributed by atoms with Crippen LogP contribution in [0.5, 0.6) is 0 Å². The molecule has 1 heterocycles. The SMILES string of the molecule is Cc1nc2cc(C(O)CN)c(Cl)cc2o1. The maximum absolute atomic E-state index is 9.61. The highest BCUT2D eigenvalue weighted by molar-refractivity contribution is 6.32. The third kappa shape index (κ3) is 1.84. The number of oxazole rings is 1. The largest absolute Gasteiger partial charge is 0.441 e. The molecule has 0 aliphatic carbocycles. The molecule has 0 aliphatic rings. The van der Waals surface area contributed by atoms with E-state index in [0.717, 1.165) is 0 Å². The molecule has 2 rings (SSSR count). The number of benzene rings is 1. The summed E-state index contributed by atoms with van der Waals surface area (Å²) < 4.78 is 5.31.